The van der Waals surface area contributed by atoms with Crippen molar-refractivity contribution in [2.24, 2.45) is 0 Å². The summed E-state index contributed by atoms with van der Waals surface area (Å²) < 4.78 is 5.34. The Morgan fingerprint density at radius 3 is 2.21 bits per heavy atom. The van der Waals surface area contributed by atoms with Crippen LogP contribution in [-0.4, -0.2) is 57.3 Å². The maximum atomic E-state index is 13.8. The number of carbonyl (C=O) groups excluding carboxylic acids is 2. The van der Waals surface area contributed by atoms with Crippen LogP contribution in [0.4, 0.5) is 9.59 Å². The molecule has 1 heterocycles. The summed E-state index contributed by atoms with van der Waals surface area (Å²) in [6, 6.07) is 21.0. The zero-order valence-electron chi connectivity index (χ0n) is 24.4. The molecule has 0 aromatic heterocycles. The van der Waals surface area contributed by atoms with Crippen LogP contribution in [0.15, 0.2) is 66.7 Å². The second-order valence-corrected chi connectivity index (χ2v) is 13.6. The predicted molar refractivity (Wildman–Crippen MR) is 169 cm³/mol. The number of amides is 3. The topological polar surface area (TPSA) is 108 Å². The molecule has 0 radical (unpaired) electrons. The van der Waals surface area contributed by atoms with E-state index in [1.54, 1.807) is 50.7 Å². The zero-order valence-corrected chi connectivity index (χ0v) is 26.0. The fourth-order valence-corrected chi connectivity index (χ4v) is 7.48. The number of rotatable bonds is 7. The van der Waals surface area contributed by atoms with E-state index in [9.17, 15) is 19.5 Å². The first-order valence-corrected chi connectivity index (χ1v) is 15.8. The molecule has 1 aliphatic carbocycles. The minimum atomic E-state index is -1.11. The zero-order chi connectivity index (χ0) is 30.7. The fraction of sp³-hybridized carbons (Fsp3) is 0.364. The van der Waals surface area contributed by atoms with Gasteiger partial charge in [0.2, 0.25) is 5.91 Å². The van der Waals surface area contributed by atoms with Gasteiger partial charge in [0.05, 0.1) is 0 Å². The van der Waals surface area contributed by atoms with Crippen molar-refractivity contribution in [3.63, 3.8) is 0 Å². The highest BCUT2D eigenvalue weighted by atomic mass is 35.5. The lowest BCUT2D eigenvalue weighted by Gasteiger charge is -2.39. The van der Waals surface area contributed by atoms with E-state index >= 15 is 0 Å². The number of hydrogen-bond acceptors (Lipinski definition) is 5. The predicted octanol–water partition coefficient (Wildman–Crippen LogP) is 6.65. The normalized spacial score (nSPS) is 18.0. The lowest BCUT2D eigenvalue weighted by Crippen LogP contribution is -2.57. The highest BCUT2D eigenvalue weighted by Crippen LogP contribution is 2.48. The van der Waals surface area contributed by atoms with Crippen LogP contribution in [0.25, 0.3) is 11.1 Å². The Kier molecular flexibility index (Phi) is 9.22. The van der Waals surface area contributed by atoms with Gasteiger partial charge < -0.3 is 20.5 Å². The van der Waals surface area contributed by atoms with Gasteiger partial charge in [-0.15, -0.1) is 0 Å². The number of nitrogens with zero attached hydrogens (tertiary/aromatic N) is 1. The Bertz CT molecular complexity index is 1480. The quantitative estimate of drug-likeness (QED) is 0.273. The van der Waals surface area contributed by atoms with Crippen LogP contribution >= 0.6 is 23.4 Å². The molecule has 1 saturated heterocycles. The van der Waals surface area contributed by atoms with Gasteiger partial charge in [-0.1, -0.05) is 66.2 Å². The average molecular weight is 622 g/mol. The van der Waals surface area contributed by atoms with E-state index in [1.807, 2.05) is 24.3 Å². The molecule has 10 heteroatoms. The average Bonchev–Trinajstić information content (AvgIpc) is 3.28. The number of carbonyl (C=O) groups is 3. The van der Waals surface area contributed by atoms with E-state index in [0.717, 1.165) is 11.1 Å². The molecule has 8 nitrogen and oxygen atoms in total. The molecule has 226 valence electrons. The van der Waals surface area contributed by atoms with Crippen molar-refractivity contribution in [3.05, 3.63) is 94.0 Å². The van der Waals surface area contributed by atoms with Gasteiger partial charge in [-0.25, -0.2) is 9.59 Å². The molecule has 0 saturated carbocycles. The monoisotopic (exact) mass is 621 g/mol. The van der Waals surface area contributed by atoms with Crippen LogP contribution in [0.2, 0.25) is 5.02 Å². The summed E-state index contributed by atoms with van der Waals surface area (Å²) in [6.07, 6.45) is -1.03. The molecule has 5 rings (SSSR count). The van der Waals surface area contributed by atoms with Crippen LogP contribution in [0.5, 0.6) is 0 Å². The first kappa shape index (κ1) is 30.8. The molecule has 3 amide bonds. The summed E-state index contributed by atoms with van der Waals surface area (Å²) in [5.41, 5.74) is 5.64. The first-order valence-electron chi connectivity index (χ1n) is 14.3. The number of halogens is 1. The van der Waals surface area contributed by atoms with Crippen molar-refractivity contribution < 1.29 is 24.2 Å². The number of fused-ring (bicyclic) bond motifs is 3. The van der Waals surface area contributed by atoms with Crippen LogP contribution in [0.1, 0.15) is 55.4 Å². The standard InChI is InChI=1S/C33H36ClN3O5S/c1-33(2,3)42-31(39)36-18-20-12-13-22(34)16-21(20)19-35-30(38)29-28(43-15-14-37(29)32(40)41)17-27-25-10-6-4-8-23(25)24-9-5-7-11-26(24)27/h4-13,16,27-29H,14-15,17-19H2,1-3H3,(H,35,38)(H,36,39)(H,40,41)/t28-,29?/m1/s1. The van der Waals surface area contributed by atoms with E-state index in [0.29, 0.717) is 17.2 Å². The molecule has 43 heavy (non-hydrogen) atoms. The molecule has 0 bridgehead atoms. The molecule has 1 aliphatic heterocycles. The van der Waals surface area contributed by atoms with Crippen molar-refractivity contribution >= 4 is 41.5 Å². The molecular weight excluding hydrogens is 586 g/mol. The van der Waals surface area contributed by atoms with Gasteiger partial charge in [-0.3, -0.25) is 9.69 Å². The third-order valence-corrected chi connectivity index (χ3v) is 9.27. The van der Waals surface area contributed by atoms with Gasteiger partial charge in [0, 0.05) is 41.6 Å². The highest BCUT2D eigenvalue weighted by molar-refractivity contribution is 8.00. The van der Waals surface area contributed by atoms with Crippen LogP contribution in [0.3, 0.4) is 0 Å². The second kappa shape index (κ2) is 12.9. The molecule has 1 unspecified atom stereocenters. The molecule has 0 spiro atoms. The van der Waals surface area contributed by atoms with Crippen LogP contribution in [0, 0.1) is 0 Å². The van der Waals surface area contributed by atoms with Gasteiger partial charge in [-0.05, 0) is 72.7 Å². The SMILES string of the molecule is CC(C)(C)OC(=O)NCc1ccc(Cl)cc1CNC(=O)C1[C@@H](CC2c3ccccc3-c3ccccc32)SCCN1C(=O)O. The number of hydrogen-bond donors (Lipinski definition) is 3. The summed E-state index contributed by atoms with van der Waals surface area (Å²) in [5, 5.41) is 16.1. The van der Waals surface area contributed by atoms with E-state index in [4.69, 9.17) is 16.3 Å². The van der Waals surface area contributed by atoms with Gasteiger partial charge in [0.15, 0.2) is 0 Å². The third-order valence-electron chi connectivity index (χ3n) is 7.74. The molecule has 3 N–H and O–H groups in total. The lowest BCUT2D eigenvalue weighted by atomic mass is 9.89. The number of benzene rings is 3. The first-order chi connectivity index (χ1) is 20.5. The van der Waals surface area contributed by atoms with E-state index < -0.39 is 23.8 Å². The molecule has 3 aromatic rings. The number of thioether (sulfide) groups is 1. The summed E-state index contributed by atoms with van der Waals surface area (Å²) in [5.74, 6) is 0.323. The number of alkyl carbamates (subject to hydrolysis) is 1. The van der Waals surface area contributed by atoms with E-state index in [2.05, 4.69) is 34.9 Å². The number of carboxylic acid groups (broad SMARTS) is 1. The lowest BCUT2D eigenvalue weighted by molar-refractivity contribution is -0.126. The Labute approximate surface area is 261 Å². The third kappa shape index (κ3) is 7.11. The molecule has 3 aromatic carbocycles. The fourth-order valence-electron chi connectivity index (χ4n) is 5.90. The van der Waals surface area contributed by atoms with Crippen molar-refractivity contribution in [2.45, 2.75) is 63.1 Å². The minimum Gasteiger partial charge on any atom is -0.465 e. The Balaban J connectivity index is 1.34. The summed E-state index contributed by atoms with van der Waals surface area (Å²) in [7, 11) is 0. The van der Waals surface area contributed by atoms with Gasteiger partial charge in [0.25, 0.3) is 0 Å². The maximum Gasteiger partial charge on any atom is 0.408 e. The summed E-state index contributed by atoms with van der Waals surface area (Å²) in [4.78, 5) is 39.7. The van der Waals surface area contributed by atoms with Gasteiger partial charge in [-0.2, -0.15) is 11.8 Å². The smallest absolute Gasteiger partial charge is 0.408 e. The Morgan fingerprint density at radius 1 is 0.953 bits per heavy atom. The van der Waals surface area contributed by atoms with Crippen molar-refractivity contribution in [1.29, 1.82) is 0 Å². The second-order valence-electron chi connectivity index (χ2n) is 11.8. The molecule has 2 aliphatic rings. The summed E-state index contributed by atoms with van der Waals surface area (Å²) in [6.45, 7) is 5.95. The van der Waals surface area contributed by atoms with Crippen molar-refractivity contribution in [3.8, 4) is 11.1 Å². The number of ether oxygens (including phenoxy) is 1. The maximum absolute atomic E-state index is 13.8. The van der Waals surface area contributed by atoms with E-state index in [-0.39, 0.29) is 36.7 Å². The summed E-state index contributed by atoms with van der Waals surface area (Å²) >= 11 is 7.93. The minimum absolute atomic E-state index is 0.0624. The molecular formula is C33H36ClN3O5S. The largest absolute Gasteiger partial charge is 0.465 e. The Morgan fingerprint density at radius 2 is 1.58 bits per heavy atom. The van der Waals surface area contributed by atoms with Crippen molar-refractivity contribution in [2.75, 3.05) is 12.3 Å². The highest BCUT2D eigenvalue weighted by Gasteiger charge is 2.42. The van der Waals surface area contributed by atoms with Crippen LogP contribution in [-0.2, 0) is 22.6 Å². The molecule has 2 atom stereocenters. The number of nitrogens with one attached hydrogen (secondary N) is 2. The van der Waals surface area contributed by atoms with Gasteiger partial charge >= 0.3 is 12.2 Å². The van der Waals surface area contributed by atoms with Crippen molar-refractivity contribution in [1.82, 2.24) is 15.5 Å². The van der Waals surface area contributed by atoms with Gasteiger partial charge in [0.1, 0.15) is 11.6 Å². The van der Waals surface area contributed by atoms with E-state index in [1.165, 1.54) is 27.2 Å². The Hall–Kier alpha value is -3.69. The van der Waals surface area contributed by atoms with Crippen LogP contribution < -0.4 is 10.6 Å². The molecule has 1 fully saturated rings.